The molecule has 3 aromatic rings. The topological polar surface area (TPSA) is 67.6 Å². The van der Waals surface area contributed by atoms with Gasteiger partial charge in [0.25, 0.3) is 0 Å². The number of methoxy groups -OCH3 is 1. The van der Waals surface area contributed by atoms with E-state index in [9.17, 15) is 9.18 Å². The fourth-order valence-corrected chi connectivity index (χ4v) is 2.82. The van der Waals surface area contributed by atoms with E-state index >= 15 is 0 Å². The summed E-state index contributed by atoms with van der Waals surface area (Å²) in [6, 6.07) is 15.1. The Labute approximate surface area is 169 Å². The van der Waals surface area contributed by atoms with Gasteiger partial charge in [-0.15, -0.1) is 0 Å². The van der Waals surface area contributed by atoms with E-state index in [-0.39, 0.29) is 24.4 Å². The molecule has 1 heterocycles. The Bertz CT molecular complexity index is 937. The van der Waals surface area contributed by atoms with Crippen LogP contribution < -0.4 is 10.1 Å². The van der Waals surface area contributed by atoms with E-state index in [1.807, 2.05) is 44.2 Å². The second-order valence-corrected chi connectivity index (χ2v) is 7.00. The Hall–Kier alpha value is -3.35. The van der Waals surface area contributed by atoms with Crippen LogP contribution in [0.25, 0.3) is 11.3 Å². The number of hydrogen-bond acceptors (Lipinski definition) is 4. The molecule has 6 nitrogen and oxygen atoms in total. The molecule has 0 fully saturated rings. The van der Waals surface area contributed by atoms with E-state index in [1.165, 1.54) is 12.1 Å². The van der Waals surface area contributed by atoms with Crippen LogP contribution in [0, 0.1) is 5.82 Å². The first kappa shape index (κ1) is 20.4. The van der Waals surface area contributed by atoms with Crippen molar-refractivity contribution in [3.8, 4) is 17.1 Å². The summed E-state index contributed by atoms with van der Waals surface area (Å²) in [4.78, 5) is 14.3. The van der Waals surface area contributed by atoms with Crippen molar-refractivity contribution in [2.45, 2.75) is 33.0 Å². The molecule has 3 rings (SSSR count). The van der Waals surface area contributed by atoms with Crippen LogP contribution in [0.3, 0.4) is 0 Å². The SMILES string of the molecule is COc1ccc(-c2cc(CN(Cc3ccc(F)cc3)C(=O)NC(C)C)no2)cc1. The quantitative estimate of drug-likeness (QED) is 0.632. The van der Waals surface area contributed by atoms with E-state index in [4.69, 9.17) is 9.26 Å². The number of ether oxygens (including phenoxy) is 1. The molecule has 29 heavy (non-hydrogen) atoms. The summed E-state index contributed by atoms with van der Waals surface area (Å²) in [5.74, 6) is 1.05. The average Bonchev–Trinajstić information content (AvgIpc) is 3.17. The van der Waals surface area contributed by atoms with Gasteiger partial charge in [0.2, 0.25) is 0 Å². The van der Waals surface area contributed by atoms with Crippen LogP contribution in [-0.4, -0.2) is 29.2 Å². The Morgan fingerprint density at radius 3 is 2.45 bits per heavy atom. The Kier molecular flexibility index (Phi) is 6.49. The minimum absolute atomic E-state index is 0.00890. The monoisotopic (exact) mass is 397 g/mol. The lowest BCUT2D eigenvalue weighted by atomic mass is 10.1. The highest BCUT2D eigenvalue weighted by molar-refractivity contribution is 5.74. The van der Waals surface area contributed by atoms with Crippen molar-refractivity contribution in [3.63, 3.8) is 0 Å². The van der Waals surface area contributed by atoms with Crippen molar-refractivity contribution in [1.82, 2.24) is 15.4 Å². The molecule has 0 aliphatic rings. The second-order valence-electron chi connectivity index (χ2n) is 7.00. The molecular weight excluding hydrogens is 373 g/mol. The van der Waals surface area contributed by atoms with Crippen molar-refractivity contribution >= 4 is 6.03 Å². The van der Waals surface area contributed by atoms with Gasteiger partial charge in [0.05, 0.1) is 13.7 Å². The van der Waals surface area contributed by atoms with Crippen molar-refractivity contribution in [2.75, 3.05) is 7.11 Å². The van der Waals surface area contributed by atoms with Crippen molar-refractivity contribution in [1.29, 1.82) is 0 Å². The van der Waals surface area contributed by atoms with Gasteiger partial charge in [-0.1, -0.05) is 17.3 Å². The van der Waals surface area contributed by atoms with E-state index in [0.29, 0.717) is 18.0 Å². The normalized spacial score (nSPS) is 10.8. The lowest BCUT2D eigenvalue weighted by Crippen LogP contribution is -2.42. The zero-order valence-electron chi connectivity index (χ0n) is 16.7. The highest BCUT2D eigenvalue weighted by Gasteiger charge is 2.18. The van der Waals surface area contributed by atoms with Crippen molar-refractivity contribution in [2.24, 2.45) is 0 Å². The number of benzene rings is 2. The fraction of sp³-hybridized carbons (Fsp3) is 0.273. The Balaban J connectivity index is 1.76. The lowest BCUT2D eigenvalue weighted by Gasteiger charge is -2.23. The van der Waals surface area contributed by atoms with Gasteiger partial charge in [0, 0.05) is 24.2 Å². The predicted octanol–water partition coefficient (Wildman–Crippen LogP) is 4.61. The van der Waals surface area contributed by atoms with Crippen LogP contribution in [0.5, 0.6) is 5.75 Å². The molecule has 0 saturated carbocycles. The highest BCUT2D eigenvalue weighted by Crippen LogP contribution is 2.24. The number of carbonyl (C=O) groups is 1. The lowest BCUT2D eigenvalue weighted by molar-refractivity contribution is 0.188. The summed E-state index contributed by atoms with van der Waals surface area (Å²) in [7, 11) is 1.61. The van der Waals surface area contributed by atoms with Gasteiger partial charge >= 0.3 is 6.03 Å². The molecule has 0 atom stereocenters. The maximum Gasteiger partial charge on any atom is 0.318 e. The predicted molar refractivity (Wildman–Crippen MR) is 108 cm³/mol. The molecule has 0 aliphatic heterocycles. The van der Waals surface area contributed by atoms with Gasteiger partial charge < -0.3 is 19.5 Å². The van der Waals surface area contributed by atoms with E-state index in [2.05, 4.69) is 10.5 Å². The van der Waals surface area contributed by atoms with Gasteiger partial charge in [0.1, 0.15) is 17.3 Å². The number of nitrogens with zero attached hydrogens (tertiary/aromatic N) is 2. The zero-order chi connectivity index (χ0) is 20.8. The largest absolute Gasteiger partial charge is 0.497 e. The molecule has 2 amide bonds. The van der Waals surface area contributed by atoms with Crippen molar-refractivity contribution in [3.05, 3.63) is 71.7 Å². The highest BCUT2D eigenvalue weighted by atomic mass is 19.1. The molecule has 0 spiro atoms. The maximum atomic E-state index is 13.2. The summed E-state index contributed by atoms with van der Waals surface area (Å²) in [5.41, 5.74) is 2.31. The summed E-state index contributed by atoms with van der Waals surface area (Å²) >= 11 is 0. The third kappa shape index (κ3) is 5.57. The number of carbonyl (C=O) groups excluding carboxylic acids is 1. The standard InChI is InChI=1S/C22H24FN3O3/c1-15(2)24-22(27)26(13-16-4-8-18(23)9-5-16)14-19-12-21(29-25-19)17-6-10-20(28-3)11-7-17/h4-12,15H,13-14H2,1-3H3,(H,24,27). The fourth-order valence-electron chi connectivity index (χ4n) is 2.82. The number of hydrogen-bond donors (Lipinski definition) is 1. The van der Waals surface area contributed by atoms with Gasteiger partial charge in [-0.25, -0.2) is 9.18 Å². The van der Waals surface area contributed by atoms with Gasteiger partial charge in [-0.2, -0.15) is 0 Å². The number of halogens is 1. The number of amides is 2. The van der Waals surface area contributed by atoms with Crippen LogP contribution in [0.15, 0.2) is 59.1 Å². The average molecular weight is 397 g/mol. The van der Waals surface area contributed by atoms with Crippen LogP contribution in [0.4, 0.5) is 9.18 Å². The van der Waals surface area contributed by atoms with Gasteiger partial charge in [-0.3, -0.25) is 0 Å². The first-order valence-corrected chi connectivity index (χ1v) is 9.34. The molecule has 0 aliphatic carbocycles. The van der Waals surface area contributed by atoms with E-state index in [1.54, 1.807) is 24.1 Å². The van der Waals surface area contributed by atoms with Gasteiger partial charge in [-0.05, 0) is 55.8 Å². The minimum Gasteiger partial charge on any atom is -0.497 e. The Morgan fingerprint density at radius 1 is 1.14 bits per heavy atom. The number of urea groups is 1. The smallest absolute Gasteiger partial charge is 0.318 e. The number of nitrogens with one attached hydrogen (secondary N) is 1. The number of aromatic nitrogens is 1. The summed E-state index contributed by atoms with van der Waals surface area (Å²) < 4.78 is 23.8. The van der Waals surface area contributed by atoms with E-state index < -0.39 is 0 Å². The minimum atomic E-state index is -0.312. The third-order valence-electron chi connectivity index (χ3n) is 4.27. The molecular formula is C22H24FN3O3. The number of rotatable bonds is 7. The molecule has 1 aromatic heterocycles. The molecule has 152 valence electrons. The summed E-state index contributed by atoms with van der Waals surface area (Å²) in [6.45, 7) is 4.37. The second kappa shape index (κ2) is 9.23. The molecule has 2 aromatic carbocycles. The maximum absolute atomic E-state index is 13.2. The zero-order valence-corrected chi connectivity index (χ0v) is 16.7. The Morgan fingerprint density at radius 2 is 1.83 bits per heavy atom. The summed E-state index contributed by atoms with van der Waals surface area (Å²) in [6.07, 6.45) is 0. The van der Waals surface area contributed by atoms with Crippen LogP contribution >= 0.6 is 0 Å². The summed E-state index contributed by atoms with van der Waals surface area (Å²) in [5, 5.41) is 6.99. The molecule has 0 unspecified atom stereocenters. The first-order chi connectivity index (χ1) is 13.9. The van der Waals surface area contributed by atoms with Crippen LogP contribution in [0.2, 0.25) is 0 Å². The molecule has 1 N–H and O–H groups in total. The molecule has 0 saturated heterocycles. The van der Waals surface area contributed by atoms with Gasteiger partial charge in [0.15, 0.2) is 5.76 Å². The van der Waals surface area contributed by atoms with Crippen molar-refractivity contribution < 1.29 is 18.4 Å². The third-order valence-corrected chi connectivity index (χ3v) is 4.27. The van der Waals surface area contributed by atoms with E-state index in [0.717, 1.165) is 16.9 Å². The molecule has 0 radical (unpaired) electrons. The first-order valence-electron chi connectivity index (χ1n) is 9.34. The molecule has 7 heteroatoms. The molecule has 0 bridgehead atoms. The van der Waals surface area contributed by atoms with Crippen LogP contribution in [0.1, 0.15) is 25.1 Å². The van der Waals surface area contributed by atoms with Crippen LogP contribution in [-0.2, 0) is 13.1 Å².